The SMILES string of the molecule is N#Cc1ccc(-n2c3ccccc3c3cc(-c4cc5c6c(c4)N(c4cc(-c7ccccc7)cc(-c7ccccc7)c4)c4ccc(I)cc4B6c4cc(I)ccc4N5c4cc(-c5ccccc5)cc(-c5ccccc5)c4)ccc32)c(-c2nc(-c3ccccc3)nc(-c3ccccc3)n2)c1. The van der Waals surface area contributed by atoms with Crippen LogP contribution in [0.25, 0.3) is 117 Å². The second-order valence-electron chi connectivity index (χ2n) is 24.9. The Bertz CT molecular complexity index is 5490. The van der Waals surface area contributed by atoms with Crippen LogP contribution in [0.5, 0.6) is 0 Å². The average Bonchev–Trinajstić information content (AvgIpc) is 0.788. The van der Waals surface area contributed by atoms with E-state index in [-0.39, 0.29) is 6.71 Å². The molecular formula is C88H54BI2N7. The summed E-state index contributed by atoms with van der Waals surface area (Å²) in [7, 11) is 0. The molecule has 2 aromatic heterocycles. The molecular weight excluding hydrogens is 1420 g/mol. The Kier molecular flexibility index (Phi) is 14.8. The van der Waals surface area contributed by atoms with E-state index in [9.17, 15) is 5.26 Å². The van der Waals surface area contributed by atoms with Crippen LogP contribution in [0.2, 0.25) is 0 Å². The maximum atomic E-state index is 10.6. The number of halogens is 2. The van der Waals surface area contributed by atoms with E-state index in [4.69, 9.17) is 15.0 Å². The first-order valence-corrected chi connectivity index (χ1v) is 34.8. The minimum atomic E-state index is -0.133. The first kappa shape index (κ1) is 59.0. The molecule has 0 amide bonds. The molecule has 10 heteroatoms. The number of benzene rings is 14. The Balaban J connectivity index is 0.908. The highest BCUT2D eigenvalue weighted by Gasteiger charge is 2.44. The van der Waals surface area contributed by atoms with Gasteiger partial charge in [0.15, 0.2) is 17.5 Å². The van der Waals surface area contributed by atoms with Crippen molar-refractivity contribution in [3.8, 4) is 102 Å². The normalized spacial score (nSPS) is 12.1. The molecule has 0 unspecified atom stereocenters. The number of nitrogens with zero attached hydrogens (tertiary/aromatic N) is 7. The summed E-state index contributed by atoms with van der Waals surface area (Å²) in [6.07, 6.45) is 0. The molecule has 0 radical (unpaired) electrons. The number of aromatic nitrogens is 4. The lowest BCUT2D eigenvalue weighted by Gasteiger charge is -2.44. The van der Waals surface area contributed by atoms with Crippen molar-refractivity contribution in [2.75, 3.05) is 9.80 Å². The van der Waals surface area contributed by atoms with E-state index in [1.54, 1.807) is 0 Å². The minimum absolute atomic E-state index is 0.133. The lowest BCUT2D eigenvalue weighted by molar-refractivity contribution is 1.06. The third-order valence-corrected chi connectivity index (χ3v) is 20.4. The number of anilines is 6. The fourth-order valence-corrected chi connectivity index (χ4v) is 15.7. The molecule has 7 nitrogen and oxygen atoms in total. The van der Waals surface area contributed by atoms with Gasteiger partial charge in [0, 0.05) is 68.7 Å². The third-order valence-electron chi connectivity index (χ3n) is 19.1. The summed E-state index contributed by atoms with van der Waals surface area (Å²) in [5.74, 6) is 1.55. The molecule has 0 saturated carbocycles. The quantitative estimate of drug-likeness (QED) is 0.0949. The smallest absolute Gasteiger partial charge is 0.252 e. The van der Waals surface area contributed by atoms with Crippen LogP contribution in [0.4, 0.5) is 34.1 Å². The van der Waals surface area contributed by atoms with Gasteiger partial charge in [-0.15, -0.1) is 0 Å². The van der Waals surface area contributed by atoms with Gasteiger partial charge in [0.05, 0.1) is 28.4 Å². The Morgan fingerprint density at radius 1 is 0.296 bits per heavy atom. The molecule has 458 valence electrons. The van der Waals surface area contributed by atoms with E-state index in [2.05, 4.69) is 314 Å². The molecule has 0 atom stereocenters. The number of hydrogen-bond donors (Lipinski definition) is 0. The van der Waals surface area contributed by atoms with Gasteiger partial charge < -0.3 is 14.4 Å². The Hall–Kier alpha value is -11.5. The van der Waals surface area contributed by atoms with Crippen LogP contribution in [0.1, 0.15) is 5.56 Å². The zero-order valence-corrected chi connectivity index (χ0v) is 57.0. The molecule has 18 rings (SSSR count). The van der Waals surface area contributed by atoms with Gasteiger partial charge >= 0.3 is 0 Å². The van der Waals surface area contributed by atoms with Gasteiger partial charge in [0.2, 0.25) is 0 Å². The van der Waals surface area contributed by atoms with E-state index >= 15 is 0 Å². The number of para-hydroxylation sites is 1. The van der Waals surface area contributed by atoms with Crippen molar-refractivity contribution in [3.63, 3.8) is 0 Å². The van der Waals surface area contributed by atoms with Crippen LogP contribution < -0.4 is 26.2 Å². The lowest BCUT2D eigenvalue weighted by Crippen LogP contribution is -2.61. The summed E-state index contributed by atoms with van der Waals surface area (Å²) in [6, 6.07) is 120. The second kappa shape index (κ2) is 24.6. The van der Waals surface area contributed by atoms with Crippen molar-refractivity contribution in [2.24, 2.45) is 0 Å². The molecule has 0 bridgehead atoms. The van der Waals surface area contributed by atoms with E-state index < -0.39 is 0 Å². The number of rotatable bonds is 11. The minimum Gasteiger partial charge on any atom is -0.311 e. The fraction of sp³-hybridized carbons (Fsp3) is 0. The number of fused-ring (bicyclic) bond motifs is 7. The van der Waals surface area contributed by atoms with Gasteiger partial charge in [-0.1, -0.05) is 218 Å². The molecule has 0 aliphatic carbocycles. The van der Waals surface area contributed by atoms with Crippen LogP contribution in [0, 0.1) is 18.5 Å². The Labute approximate surface area is 595 Å². The molecule has 14 aromatic carbocycles. The Morgan fingerprint density at radius 3 is 1.15 bits per heavy atom. The van der Waals surface area contributed by atoms with E-state index in [1.165, 1.54) is 23.5 Å². The standard InChI is InChI=1S/C88H54BI2N7/c90-69-37-41-81-76(53-69)89-77-54-70(91)38-42-82(77)97(72-48-66(59-25-11-3-12-26-59)45-67(49-72)60-27-13-4-14-28-60)84-52-68(51-83(85(84)89)96(81)71-46-64(57-21-7-1-8-22-57)44-65(47-71)58-23-9-2-10-24-58)63-36-40-79-74(50-63)73-33-19-20-34-78(73)98(79)80-39-35-56(55-92)43-75(80)88-94-86(61-29-15-5-16-30-61)93-87(95-88)62-31-17-6-18-32-62/h1-54H. The van der Waals surface area contributed by atoms with Gasteiger partial charge in [0.25, 0.3) is 6.71 Å². The summed E-state index contributed by atoms with van der Waals surface area (Å²) in [4.78, 5) is 20.6. The number of nitriles is 1. The summed E-state index contributed by atoms with van der Waals surface area (Å²) < 4.78 is 4.66. The largest absolute Gasteiger partial charge is 0.311 e. The van der Waals surface area contributed by atoms with Crippen molar-refractivity contribution < 1.29 is 0 Å². The monoisotopic (exact) mass is 1470 g/mol. The van der Waals surface area contributed by atoms with Gasteiger partial charge in [-0.25, -0.2) is 15.0 Å². The van der Waals surface area contributed by atoms with Crippen molar-refractivity contribution in [3.05, 3.63) is 340 Å². The number of hydrogen-bond acceptors (Lipinski definition) is 6. The average molecular weight is 1470 g/mol. The van der Waals surface area contributed by atoms with Gasteiger partial charge in [-0.2, -0.15) is 5.26 Å². The van der Waals surface area contributed by atoms with Gasteiger partial charge in [-0.05, 0) is 226 Å². The molecule has 0 saturated heterocycles. The van der Waals surface area contributed by atoms with Crippen LogP contribution >= 0.6 is 45.2 Å². The molecule has 0 spiro atoms. The highest BCUT2D eigenvalue weighted by atomic mass is 127. The Morgan fingerprint density at radius 2 is 0.694 bits per heavy atom. The zero-order chi connectivity index (χ0) is 65.4. The van der Waals surface area contributed by atoms with Crippen LogP contribution in [-0.2, 0) is 0 Å². The molecule has 16 aromatic rings. The van der Waals surface area contributed by atoms with Crippen LogP contribution in [-0.4, -0.2) is 26.2 Å². The fourth-order valence-electron chi connectivity index (χ4n) is 14.7. The maximum Gasteiger partial charge on any atom is 0.252 e. The molecule has 98 heavy (non-hydrogen) atoms. The third kappa shape index (κ3) is 10.4. The van der Waals surface area contributed by atoms with Crippen LogP contribution in [0.15, 0.2) is 328 Å². The predicted octanol–water partition coefficient (Wildman–Crippen LogP) is 21.5. The first-order valence-electron chi connectivity index (χ1n) is 32.7. The van der Waals surface area contributed by atoms with E-state index in [0.29, 0.717) is 28.6 Å². The molecule has 2 aliphatic rings. The molecule has 0 fully saturated rings. The second-order valence-corrected chi connectivity index (χ2v) is 27.4. The van der Waals surface area contributed by atoms with E-state index in [1.807, 2.05) is 78.9 Å². The summed E-state index contributed by atoms with van der Waals surface area (Å²) in [6.45, 7) is -0.133. The highest BCUT2D eigenvalue weighted by molar-refractivity contribution is 14.1. The summed E-state index contributed by atoms with van der Waals surface area (Å²) >= 11 is 5.03. The summed E-state index contributed by atoms with van der Waals surface area (Å²) in [5, 5.41) is 12.8. The van der Waals surface area contributed by atoms with Crippen molar-refractivity contribution in [1.82, 2.24) is 19.5 Å². The summed E-state index contributed by atoms with van der Waals surface area (Å²) in [5.41, 5.74) is 27.3. The van der Waals surface area contributed by atoms with Crippen molar-refractivity contribution in [1.29, 1.82) is 5.26 Å². The van der Waals surface area contributed by atoms with Crippen molar-refractivity contribution >= 4 is 124 Å². The zero-order valence-electron chi connectivity index (χ0n) is 52.6. The highest BCUT2D eigenvalue weighted by Crippen LogP contribution is 2.50. The molecule has 2 aliphatic heterocycles. The maximum absolute atomic E-state index is 10.6. The topological polar surface area (TPSA) is 73.9 Å². The predicted molar refractivity (Wildman–Crippen MR) is 422 cm³/mol. The van der Waals surface area contributed by atoms with Crippen LogP contribution in [0.3, 0.4) is 0 Å². The lowest BCUT2D eigenvalue weighted by atomic mass is 9.33. The molecule has 0 N–H and O–H groups in total. The molecule has 4 heterocycles. The first-order chi connectivity index (χ1) is 48.3. The van der Waals surface area contributed by atoms with Gasteiger partial charge in [0.1, 0.15) is 0 Å². The van der Waals surface area contributed by atoms with Crippen molar-refractivity contribution in [2.45, 2.75) is 0 Å². The van der Waals surface area contributed by atoms with E-state index in [0.717, 1.165) is 128 Å². The van der Waals surface area contributed by atoms with Gasteiger partial charge in [-0.3, -0.25) is 0 Å².